The monoisotopic (exact) mass is 408 g/mol. The van der Waals surface area contributed by atoms with E-state index < -0.39 is 10.9 Å². The second kappa shape index (κ2) is 9.04. The number of methoxy groups -OCH3 is 1. The van der Waals surface area contributed by atoms with Gasteiger partial charge in [0.2, 0.25) is 0 Å². The third-order valence-electron chi connectivity index (χ3n) is 4.45. The van der Waals surface area contributed by atoms with Crippen LogP contribution in [0, 0.1) is 10.1 Å². The first kappa shape index (κ1) is 20.8. The molecule has 2 aromatic rings. The maximum absolute atomic E-state index is 11.8. The van der Waals surface area contributed by atoms with Crippen LogP contribution in [0.15, 0.2) is 59.8 Å². The Bertz CT molecular complexity index is 1050. The number of hydrogen-bond donors (Lipinski definition) is 0. The van der Waals surface area contributed by atoms with Gasteiger partial charge in [0.1, 0.15) is 6.61 Å². The molecule has 0 aromatic heterocycles. The van der Waals surface area contributed by atoms with E-state index in [-0.39, 0.29) is 12.3 Å². The van der Waals surface area contributed by atoms with E-state index in [0.717, 1.165) is 16.7 Å². The highest BCUT2D eigenvalue weighted by molar-refractivity contribution is 6.24. The Balaban J connectivity index is 1.90. The standard InChI is InChI=1S/C22H20N2O6/c1-4-5-17-10-16(11-19-14(2)23-30-22(19)25)12-20(28-3)21(17)29-13-15-6-8-18(9-7-15)24(26)27/h4,6-12H,1,5,13H2,2-3H3/b19-11-. The van der Waals surface area contributed by atoms with E-state index >= 15 is 0 Å². The van der Waals surface area contributed by atoms with Crippen LogP contribution in [0.25, 0.3) is 6.08 Å². The average molecular weight is 408 g/mol. The molecule has 1 aliphatic heterocycles. The Hall–Kier alpha value is -3.94. The quantitative estimate of drug-likeness (QED) is 0.213. The molecule has 0 N–H and O–H groups in total. The number of rotatable bonds is 8. The highest BCUT2D eigenvalue weighted by Gasteiger charge is 2.22. The van der Waals surface area contributed by atoms with Crippen molar-refractivity contribution in [3.05, 3.63) is 81.4 Å². The van der Waals surface area contributed by atoms with E-state index in [0.29, 0.717) is 29.2 Å². The summed E-state index contributed by atoms with van der Waals surface area (Å²) in [5.41, 5.74) is 3.22. The molecule has 30 heavy (non-hydrogen) atoms. The van der Waals surface area contributed by atoms with E-state index in [1.807, 2.05) is 6.07 Å². The number of benzene rings is 2. The lowest BCUT2D eigenvalue weighted by Gasteiger charge is -2.16. The van der Waals surface area contributed by atoms with Gasteiger partial charge in [-0.15, -0.1) is 6.58 Å². The van der Waals surface area contributed by atoms with Gasteiger partial charge < -0.3 is 14.3 Å². The summed E-state index contributed by atoms with van der Waals surface area (Å²) in [5, 5.41) is 14.5. The summed E-state index contributed by atoms with van der Waals surface area (Å²) in [6, 6.07) is 9.78. The predicted octanol–water partition coefficient (Wildman–Crippen LogP) is 4.23. The number of allylic oxidation sites excluding steroid dienone is 1. The number of nitro benzene ring substituents is 1. The molecule has 0 aliphatic carbocycles. The number of non-ortho nitro benzene ring substituents is 1. The summed E-state index contributed by atoms with van der Waals surface area (Å²) in [4.78, 5) is 26.9. The van der Waals surface area contributed by atoms with Gasteiger partial charge in [-0.05, 0) is 54.8 Å². The van der Waals surface area contributed by atoms with Gasteiger partial charge in [-0.3, -0.25) is 10.1 Å². The van der Waals surface area contributed by atoms with Crippen molar-refractivity contribution in [3.63, 3.8) is 0 Å². The zero-order chi connectivity index (χ0) is 21.7. The molecule has 1 aliphatic rings. The lowest BCUT2D eigenvalue weighted by atomic mass is 10.0. The number of carbonyl (C=O) groups excluding carboxylic acids is 1. The highest BCUT2D eigenvalue weighted by atomic mass is 16.7. The van der Waals surface area contributed by atoms with Gasteiger partial charge in [0.05, 0.1) is 23.3 Å². The Kier molecular flexibility index (Phi) is 6.26. The first-order chi connectivity index (χ1) is 14.4. The third kappa shape index (κ3) is 4.54. The molecule has 0 atom stereocenters. The minimum Gasteiger partial charge on any atom is -0.493 e. The Morgan fingerprint density at radius 2 is 2.00 bits per heavy atom. The molecule has 154 valence electrons. The van der Waals surface area contributed by atoms with Gasteiger partial charge in [0, 0.05) is 17.7 Å². The van der Waals surface area contributed by atoms with Crippen LogP contribution in [0.3, 0.4) is 0 Å². The summed E-state index contributed by atoms with van der Waals surface area (Å²) in [5.74, 6) is 0.525. The molecule has 1 heterocycles. The van der Waals surface area contributed by atoms with Crippen LogP contribution in [0.1, 0.15) is 23.6 Å². The topological polar surface area (TPSA) is 100 Å². The SMILES string of the molecule is C=CCc1cc(/C=C2\C(=O)ON=C2C)cc(OC)c1OCc1ccc([N+](=O)[O-])cc1. The third-order valence-corrected chi connectivity index (χ3v) is 4.45. The lowest BCUT2D eigenvalue weighted by molar-refractivity contribution is -0.384. The van der Waals surface area contributed by atoms with Crippen LogP contribution in [0.5, 0.6) is 11.5 Å². The fourth-order valence-corrected chi connectivity index (χ4v) is 2.94. The summed E-state index contributed by atoms with van der Waals surface area (Å²) in [6.45, 7) is 5.69. The molecule has 0 bridgehead atoms. The fourth-order valence-electron chi connectivity index (χ4n) is 2.94. The Morgan fingerprint density at radius 3 is 2.57 bits per heavy atom. The van der Waals surface area contributed by atoms with Gasteiger partial charge in [-0.2, -0.15) is 0 Å². The number of nitro groups is 1. The van der Waals surface area contributed by atoms with Crippen molar-refractivity contribution in [1.82, 2.24) is 0 Å². The predicted molar refractivity (Wildman–Crippen MR) is 112 cm³/mol. The van der Waals surface area contributed by atoms with Crippen LogP contribution < -0.4 is 9.47 Å². The summed E-state index contributed by atoms with van der Waals surface area (Å²) < 4.78 is 11.5. The molecule has 0 spiro atoms. The second-order valence-corrected chi connectivity index (χ2v) is 6.53. The van der Waals surface area contributed by atoms with Gasteiger partial charge in [0.25, 0.3) is 5.69 Å². The van der Waals surface area contributed by atoms with Crippen molar-refractivity contribution in [2.45, 2.75) is 20.0 Å². The van der Waals surface area contributed by atoms with E-state index in [9.17, 15) is 14.9 Å². The Labute approximate surface area is 173 Å². The number of oxime groups is 1. The van der Waals surface area contributed by atoms with Crippen LogP contribution >= 0.6 is 0 Å². The van der Waals surface area contributed by atoms with Crippen molar-refractivity contribution in [1.29, 1.82) is 0 Å². The molecule has 8 nitrogen and oxygen atoms in total. The first-order valence-corrected chi connectivity index (χ1v) is 9.09. The molecule has 0 fully saturated rings. The Morgan fingerprint density at radius 1 is 1.27 bits per heavy atom. The zero-order valence-corrected chi connectivity index (χ0v) is 16.6. The van der Waals surface area contributed by atoms with E-state index in [1.54, 1.807) is 37.3 Å². The van der Waals surface area contributed by atoms with Crippen molar-refractivity contribution in [2.75, 3.05) is 7.11 Å². The molecule has 0 radical (unpaired) electrons. The largest absolute Gasteiger partial charge is 0.493 e. The zero-order valence-electron chi connectivity index (χ0n) is 16.6. The summed E-state index contributed by atoms with van der Waals surface area (Å²) in [7, 11) is 1.53. The molecule has 0 saturated heterocycles. The van der Waals surface area contributed by atoms with E-state index in [4.69, 9.17) is 9.47 Å². The van der Waals surface area contributed by atoms with Crippen LogP contribution in [-0.2, 0) is 22.7 Å². The molecule has 3 rings (SSSR count). The highest BCUT2D eigenvalue weighted by Crippen LogP contribution is 2.35. The average Bonchev–Trinajstić information content (AvgIpc) is 3.05. The van der Waals surface area contributed by atoms with Crippen molar-refractivity contribution < 1.29 is 24.0 Å². The molecule has 2 aromatic carbocycles. The molecular formula is C22H20N2O6. The van der Waals surface area contributed by atoms with Crippen LogP contribution in [-0.4, -0.2) is 23.7 Å². The molecular weight excluding hydrogens is 388 g/mol. The van der Waals surface area contributed by atoms with Gasteiger partial charge >= 0.3 is 5.97 Å². The fraction of sp³-hybridized carbons (Fsp3) is 0.182. The maximum atomic E-state index is 11.8. The smallest absolute Gasteiger partial charge is 0.367 e. The minimum atomic E-state index is -0.504. The van der Waals surface area contributed by atoms with Gasteiger partial charge in [-0.1, -0.05) is 11.2 Å². The lowest BCUT2D eigenvalue weighted by Crippen LogP contribution is -2.04. The normalized spacial score (nSPS) is 14.3. The van der Waals surface area contributed by atoms with Crippen molar-refractivity contribution in [2.24, 2.45) is 5.16 Å². The van der Waals surface area contributed by atoms with Crippen molar-refractivity contribution in [3.8, 4) is 11.5 Å². The number of ether oxygens (including phenoxy) is 2. The minimum absolute atomic E-state index is 0.0188. The second-order valence-electron chi connectivity index (χ2n) is 6.53. The molecule has 0 unspecified atom stereocenters. The van der Waals surface area contributed by atoms with E-state index in [2.05, 4.69) is 16.6 Å². The van der Waals surface area contributed by atoms with Crippen LogP contribution in [0.2, 0.25) is 0 Å². The van der Waals surface area contributed by atoms with Crippen molar-refractivity contribution >= 4 is 23.4 Å². The summed E-state index contributed by atoms with van der Waals surface area (Å²) in [6.07, 6.45) is 3.94. The van der Waals surface area contributed by atoms with E-state index in [1.165, 1.54) is 19.2 Å². The summed E-state index contributed by atoms with van der Waals surface area (Å²) >= 11 is 0. The number of hydrogen-bond acceptors (Lipinski definition) is 7. The molecule has 0 amide bonds. The number of nitrogens with zero attached hydrogens (tertiary/aromatic N) is 2. The maximum Gasteiger partial charge on any atom is 0.367 e. The molecule has 0 saturated carbocycles. The van der Waals surface area contributed by atoms with Gasteiger partial charge in [0.15, 0.2) is 11.5 Å². The van der Waals surface area contributed by atoms with Gasteiger partial charge in [-0.25, -0.2) is 4.79 Å². The number of carbonyl (C=O) groups is 1. The first-order valence-electron chi connectivity index (χ1n) is 9.09. The van der Waals surface area contributed by atoms with Crippen LogP contribution in [0.4, 0.5) is 5.69 Å². The molecule has 8 heteroatoms.